The standard InChI is InChI=1S/C19H19F2NO4/c20-19(21)25-17-3-1-2-15(18(17)26-19)13-4-6-14(7-5-13)16(23)12-22-8-10-24-11-9-22/h1-7,16,23H,8-12H2. The Kier molecular flexibility index (Phi) is 4.52. The fourth-order valence-corrected chi connectivity index (χ4v) is 3.22. The van der Waals surface area contributed by atoms with Crippen LogP contribution in [0, 0.1) is 0 Å². The van der Waals surface area contributed by atoms with Crippen LogP contribution in [-0.2, 0) is 4.74 Å². The Morgan fingerprint density at radius 2 is 1.77 bits per heavy atom. The van der Waals surface area contributed by atoms with Gasteiger partial charge in [0.05, 0.1) is 19.3 Å². The molecule has 2 heterocycles. The molecule has 1 fully saturated rings. The lowest BCUT2D eigenvalue weighted by molar-refractivity contribution is -0.286. The molecule has 26 heavy (non-hydrogen) atoms. The van der Waals surface area contributed by atoms with Crippen LogP contribution in [0.25, 0.3) is 11.1 Å². The Morgan fingerprint density at radius 1 is 1.04 bits per heavy atom. The van der Waals surface area contributed by atoms with E-state index in [1.165, 1.54) is 6.07 Å². The molecule has 0 radical (unpaired) electrons. The number of ether oxygens (including phenoxy) is 3. The molecule has 2 aliphatic rings. The lowest BCUT2D eigenvalue weighted by atomic mass is 10.0. The van der Waals surface area contributed by atoms with Gasteiger partial charge in [-0.1, -0.05) is 36.4 Å². The van der Waals surface area contributed by atoms with E-state index in [1.807, 2.05) is 0 Å². The van der Waals surface area contributed by atoms with Crippen molar-refractivity contribution in [2.45, 2.75) is 12.4 Å². The van der Waals surface area contributed by atoms with E-state index in [2.05, 4.69) is 14.4 Å². The molecule has 1 atom stereocenters. The number of morpholine rings is 1. The molecule has 1 saturated heterocycles. The summed E-state index contributed by atoms with van der Waals surface area (Å²) in [5, 5.41) is 10.4. The molecule has 0 spiro atoms. The van der Waals surface area contributed by atoms with Crippen LogP contribution in [0.4, 0.5) is 8.78 Å². The van der Waals surface area contributed by atoms with Crippen molar-refractivity contribution in [2.75, 3.05) is 32.8 Å². The fourth-order valence-electron chi connectivity index (χ4n) is 3.22. The number of nitrogens with zero attached hydrogens (tertiary/aromatic N) is 1. The molecule has 0 saturated carbocycles. The van der Waals surface area contributed by atoms with E-state index >= 15 is 0 Å². The van der Waals surface area contributed by atoms with Gasteiger partial charge in [-0.25, -0.2) is 0 Å². The van der Waals surface area contributed by atoms with Crippen molar-refractivity contribution < 1.29 is 28.1 Å². The Balaban J connectivity index is 1.51. The number of β-amino-alcohol motifs (C(OH)–C–C–N with tert-alkyl or cyclic N) is 1. The largest absolute Gasteiger partial charge is 0.586 e. The number of aliphatic hydroxyl groups excluding tert-OH is 1. The van der Waals surface area contributed by atoms with E-state index in [-0.39, 0.29) is 11.5 Å². The van der Waals surface area contributed by atoms with Crippen LogP contribution in [-0.4, -0.2) is 49.1 Å². The van der Waals surface area contributed by atoms with Gasteiger partial charge in [0.2, 0.25) is 0 Å². The zero-order valence-electron chi connectivity index (χ0n) is 14.0. The lowest BCUT2D eigenvalue weighted by Gasteiger charge is -2.28. The third-order valence-electron chi connectivity index (χ3n) is 4.57. The highest BCUT2D eigenvalue weighted by Crippen LogP contribution is 2.46. The van der Waals surface area contributed by atoms with Gasteiger partial charge in [-0.2, -0.15) is 0 Å². The number of halogens is 2. The molecule has 1 unspecified atom stereocenters. The van der Waals surface area contributed by atoms with Crippen molar-refractivity contribution in [3.63, 3.8) is 0 Å². The molecule has 0 amide bonds. The summed E-state index contributed by atoms with van der Waals surface area (Å²) >= 11 is 0. The summed E-state index contributed by atoms with van der Waals surface area (Å²) in [7, 11) is 0. The summed E-state index contributed by atoms with van der Waals surface area (Å²) < 4.78 is 41.1. The van der Waals surface area contributed by atoms with Gasteiger partial charge < -0.3 is 19.3 Å². The topological polar surface area (TPSA) is 51.2 Å². The predicted octanol–water partition coefficient (Wildman–Crippen LogP) is 3.04. The molecule has 2 aromatic rings. The van der Waals surface area contributed by atoms with Gasteiger partial charge in [0, 0.05) is 25.2 Å². The number of benzene rings is 2. The zero-order chi connectivity index (χ0) is 18.1. The quantitative estimate of drug-likeness (QED) is 0.905. The molecular formula is C19H19F2NO4. The first-order valence-electron chi connectivity index (χ1n) is 8.49. The van der Waals surface area contributed by atoms with Crippen LogP contribution < -0.4 is 9.47 Å². The van der Waals surface area contributed by atoms with Gasteiger partial charge in [-0.3, -0.25) is 4.90 Å². The van der Waals surface area contributed by atoms with E-state index in [0.29, 0.717) is 30.9 Å². The predicted molar refractivity (Wildman–Crippen MR) is 90.3 cm³/mol. The van der Waals surface area contributed by atoms with Gasteiger partial charge >= 0.3 is 6.29 Å². The second kappa shape index (κ2) is 6.83. The average Bonchev–Trinajstić information content (AvgIpc) is 2.96. The van der Waals surface area contributed by atoms with E-state index in [9.17, 15) is 13.9 Å². The molecule has 0 aromatic heterocycles. The zero-order valence-corrected chi connectivity index (χ0v) is 14.0. The molecular weight excluding hydrogens is 344 g/mol. The second-order valence-electron chi connectivity index (χ2n) is 6.35. The Morgan fingerprint density at radius 3 is 2.50 bits per heavy atom. The number of aliphatic hydroxyl groups is 1. The first-order valence-corrected chi connectivity index (χ1v) is 8.49. The highest BCUT2D eigenvalue weighted by atomic mass is 19.3. The van der Waals surface area contributed by atoms with Gasteiger partial charge in [-0.15, -0.1) is 8.78 Å². The van der Waals surface area contributed by atoms with Gasteiger partial charge in [0.1, 0.15) is 0 Å². The number of alkyl halides is 2. The van der Waals surface area contributed by atoms with Crippen molar-refractivity contribution >= 4 is 0 Å². The molecule has 4 rings (SSSR count). The van der Waals surface area contributed by atoms with Crippen LogP contribution in [0.15, 0.2) is 42.5 Å². The highest BCUT2D eigenvalue weighted by molar-refractivity contribution is 5.74. The molecule has 0 bridgehead atoms. The number of hydrogen-bond acceptors (Lipinski definition) is 5. The summed E-state index contributed by atoms with van der Waals surface area (Å²) in [5.74, 6) is 0.0445. The number of para-hydroxylation sites is 1. The van der Waals surface area contributed by atoms with Crippen LogP contribution in [0.1, 0.15) is 11.7 Å². The van der Waals surface area contributed by atoms with Crippen molar-refractivity contribution in [1.82, 2.24) is 4.90 Å². The van der Waals surface area contributed by atoms with E-state index in [4.69, 9.17) is 4.74 Å². The van der Waals surface area contributed by atoms with Crippen molar-refractivity contribution in [3.8, 4) is 22.6 Å². The molecule has 2 aliphatic heterocycles. The van der Waals surface area contributed by atoms with Crippen molar-refractivity contribution in [1.29, 1.82) is 0 Å². The van der Waals surface area contributed by atoms with Gasteiger partial charge in [0.15, 0.2) is 11.5 Å². The Hall–Kier alpha value is -2.22. The highest BCUT2D eigenvalue weighted by Gasteiger charge is 2.44. The average molecular weight is 363 g/mol. The monoisotopic (exact) mass is 363 g/mol. The number of hydrogen-bond donors (Lipinski definition) is 1. The second-order valence-corrected chi connectivity index (χ2v) is 6.35. The maximum atomic E-state index is 13.3. The maximum absolute atomic E-state index is 13.3. The van der Waals surface area contributed by atoms with E-state index < -0.39 is 12.4 Å². The Labute approximate surface area is 149 Å². The first-order chi connectivity index (χ1) is 12.5. The van der Waals surface area contributed by atoms with Crippen LogP contribution in [0.3, 0.4) is 0 Å². The summed E-state index contributed by atoms with van der Waals surface area (Å²) in [6.07, 6.45) is -4.26. The van der Waals surface area contributed by atoms with E-state index in [1.54, 1.807) is 36.4 Å². The van der Waals surface area contributed by atoms with Gasteiger partial charge in [0.25, 0.3) is 0 Å². The molecule has 0 aliphatic carbocycles. The summed E-state index contributed by atoms with van der Waals surface area (Å²) in [6, 6.07) is 11.9. The smallest absolute Gasteiger partial charge is 0.395 e. The summed E-state index contributed by atoms with van der Waals surface area (Å²) in [4.78, 5) is 2.15. The molecule has 138 valence electrons. The van der Waals surface area contributed by atoms with Crippen molar-refractivity contribution in [3.05, 3.63) is 48.0 Å². The Bertz CT molecular complexity index is 776. The number of rotatable bonds is 4. The summed E-state index contributed by atoms with van der Waals surface area (Å²) in [6.45, 7) is 3.50. The lowest BCUT2D eigenvalue weighted by Crippen LogP contribution is -2.38. The molecule has 2 aromatic carbocycles. The normalized spacial score (nSPS) is 20.1. The van der Waals surface area contributed by atoms with E-state index in [0.717, 1.165) is 18.7 Å². The fraction of sp³-hybridized carbons (Fsp3) is 0.368. The maximum Gasteiger partial charge on any atom is 0.586 e. The first kappa shape index (κ1) is 17.2. The third-order valence-corrected chi connectivity index (χ3v) is 4.57. The van der Waals surface area contributed by atoms with Gasteiger partial charge in [-0.05, 0) is 17.2 Å². The van der Waals surface area contributed by atoms with Crippen LogP contribution in [0.5, 0.6) is 11.5 Å². The molecule has 5 nitrogen and oxygen atoms in total. The van der Waals surface area contributed by atoms with Crippen molar-refractivity contribution in [2.24, 2.45) is 0 Å². The molecule has 7 heteroatoms. The SMILES string of the molecule is OC(CN1CCOCC1)c1ccc(-c2cccc3c2OC(F)(F)O3)cc1. The number of fused-ring (bicyclic) bond motifs is 1. The minimum Gasteiger partial charge on any atom is -0.395 e. The molecule has 1 N–H and O–H groups in total. The summed E-state index contributed by atoms with van der Waals surface area (Å²) in [5.41, 5.74) is 2.01. The third kappa shape index (κ3) is 3.51. The minimum absolute atomic E-state index is 0.0175. The van der Waals surface area contributed by atoms with Crippen LogP contribution >= 0.6 is 0 Å². The minimum atomic E-state index is -3.65. The van der Waals surface area contributed by atoms with Crippen LogP contribution in [0.2, 0.25) is 0 Å².